The van der Waals surface area contributed by atoms with E-state index in [9.17, 15) is 4.79 Å². The summed E-state index contributed by atoms with van der Waals surface area (Å²) in [7, 11) is 0. The Morgan fingerprint density at radius 2 is 2.08 bits per heavy atom. The highest BCUT2D eigenvalue weighted by Gasteiger charge is 2.12. The molecule has 3 rings (SSSR count). The molecule has 0 aromatic carbocycles. The molecule has 3 aromatic rings. The van der Waals surface area contributed by atoms with Crippen LogP contribution in [0.1, 0.15) is 28.3 Å². The maximum atomic E-state index is 12.1. The molecule has 0 saturated carbocycles. The van der Waals surface area contributed by atoms with Gasteiger partial charge in [0, 0.05) is 31.7 Å². The Balaban J connectivity index is 1.51. The number of carbonyl (C=O) groups excluding carboxylic acids is 1. The molecule has 8 nitrogen and oxygen atoms in total. The standard InChI is InChI=1S/C16H20ClN7O/c1-12-15(17)13(2)24(20-12)11-23-10-5-14(21-23)16(25)18-6-3-8-22-9-4-7-19-22/h4-5,7,9-10H,3,6,8,11H2,1-2H3,(H,18,25). The number of hydrogen-bond donors (Lipinski definition) is 1. The Morgan fingerprint density at radius 3 is 2.76 bits per heavy atom. The van der Waals surface area contributed by atoms with Crippen LogP contribution < -0.4 is 5.32 Å². The number of amides is 1. The van der Waals surface area contributed by atoms with E-state index in [4.69, 9.17) is 11.6 Å². The molecule has 0 atom stereocenters. The molecule has 0 aliphatic rings. The minimum Gasteiger partial charge on any atom is -0.351 e. The maximum absolute atomic E-state index is 12.1. The highest BCUT2D eigenvalue weighted by Crippen LogP contribution is 2.18. The molecule has 0 bridgehead atoms. The summed E-state index contributed by atoms with van der Waals surface area (Å²) < 4.78 is 5.26. The number of rotatable bonds is 7. The molecule has 1 N–H and O–H groups in total. The number of halogens is 1. The van der Waals surface area contributed by atoms with Gasteiger partial charge in [0.05, 0.1) is 16.4 Å². The summed E-state index contributed by atoms with van der Waals surface area (Å²) in [5.74, 6) is -0.189. The van der Waals surface area contributed by atoms with E-state index < -0.39 is 0 Å². The van der Waals surface area contributed by atoms with Crippen molar-refractivity contribution in [2.75, 3.05) is 6.54 Å². The summed E-state index contributed by atoms with van der Waals surface area (Å²) in [6, 6.07) is 3.57. The fraction of sp³-hybridized carbons (Fsp3) is 0.375. The summed E-state index contributed by atoms with van der Waals surface area (Å²) in [5, 5.41) is 16.3. The third-order valence-electron chi connectivity index (χ3n) is 3.85. The van der Waals surface area contributed by atoms with E-state index in [0.29, 0.717) is 23.9 Å². The Kier molecular flexibility index (Phi) is 5.18. The van der Waals surface area contributed by atoms with Crippen LogP contribution in [-0.4, -0.2) is 41.8 Å². The predicted octanol–water partition coefficient (Wildman–Crippen LogP) is 1.87. The van der Waals surface area contributed by atoms with Gasteiger partial charge >= 0.3 is 0 Å². The van der Waals surface area contributed by atoms with Gasteiger partial charge < -0.3 is 5.32 Å². The zero-order valence-electron chi connectivity index (χ0n) is 14.2. The molecular formula is C16H20ClN7O. The molecule has 25 heavy (non-hydrogen) atoms. The van der Waals surface area contributed by atoms with Crippen molar-refractivity contribution in [1.82, 2.24) is 34.7 Å². The lowest BCUT2D eigenvalue weighted by Gasteiger charge is -2.05. The first kappa shape index (κ1) is 17.2. The molecular weight excluding hydrogens is 342 g/mol. The highest BCUT2D eigenvalue weighted by atomic mass is 35.5. The Morgan fingerprint density at radius 1 is 1.24 bits per heavy atom. The van der Waals surface area contributed by atoms with Gasteiger partial charge in [0.2, 0.25) is 0 Å². The van der Waals surface area contributed by atoms with Crippen LogP contribution in [-0.2, 0) is 13.2 Å². The lowest BCUT2D eigenvalue weighted by Crippen LogP contribution is -2.26. The quantitative estimate of drug-likeness (QED) is 0.651. The average Bonchev–Trinajstić information content (AvgIpc) is 3.32. The van der Waals surface area contributed by atoms with Crippen LogP contribution >= 0.6 is 11.6 Å². The third kappa shape index (κ3) is 4.08. The molecule has 3 aromatic heterocycles. The first-order valence-corrected chi connectivity index (χ1v) is 8.41. The lowest BCUT2D eigenvalue weighted by atomic mass is 10.3. The Hall–Kier alpha value is -2.61. The van der Waals surface area contributed by atoms with E-state index in [2.05, 4.69) is 20.6 Å². The second-order valence-corrected chi connectivity index (χ2v) is 6.12. The summed E-state index contributed by atoms with van der Waals surface area (Å²) in [5.41, 5.74) is 2.03. The number of carbonyl (C=O) groups is 1. The van der Waals surface area contributed by atoms with Crippen molar-refractivity contribution >= 4 is 17.5 Å². The number of aryl methyl sites for hydroxylation is 2. The van der Waals surface area contributed by atoms with Crippen LogP contribution in [0.3, 0.4) is 0 Å². The van der Waals surface area contributed by atoms with Crippen molar-refractivity contribution in [2.24, 2.45) is 0 Å². The van der Waals surface area contributed by atoms with E-state index in [-0.39, 0.29) is 5.91 Å². The number of nitrogens with zero attached hydrogens (tertiary/aromatic N) is 6. The fourth-order valence-electron chi connectivity index (χ4n) is 2.48. The third-order valence-corrected chi connectivity index (χ3v) is 4.40. The Labute approximate surface area is 150 Å². The highest BCUT2D eigenvalue weighted by molar-refractivity contribution is 6.31. The van der Waals surface area contributed by atoms with Crippen molar-refractivity contribution in [3.05, 3.63) is 52.8 Å². The number of nitrogens with one attached hydrogen (secondary N) is 1. The lowest BCUT2D eigenvalue weighted by molar-refractivity contribution is 0.0946. The van der Waals surface area contributed by atoms with Gasteiger partial charge in [0.1, 0.15) is 12.4 Å². The molecule has 0 aliphatic carbocycles. The minimum absolute atomic E-state index is 0.189. The minimum atomic E-state index is -0.189. The van der Waals surface area contributed by atoms with E-state index in [1.165, 1.54) is 0 Å². The second-order valence-electron chi connectivity index (χ2n) is 5.74. The summed E-state index contributed by atoms with van der Waals surface area (Å²) in [6.45, 7) is 5.50. The molecule has 132 valence electrons. The molecule has 0 unspecified atom stereocenters. The van der Waals surface area contributed by atoms with Gasteiger partial charge in [-0.05, 0) is 32.4 Å². The van der Waals surface area contributed by atoms with Crippen LogP contribution in [0, 0.1) is 13.8 Å². The second kappa shape index (κ2) is 7.52. The zero-order chi connectivity index (χ0) is 17.8. The zero-order valence-corrected chi connectivity index (χ0v) is 14.9. The maximum Gasteiger partial charge on any atom is 0.271 e. The largest absolute Gasteiger partial charge is 0.351 e. The number of aromatic nitrogens is 6. The predicted molar refractivity (Wildman–Crippen MR) is 93.5 cm³/mol. The summed E-state index contributed by atoms with van der Waals surface area (Å²) >= 11 is 6.14. The molecule has 0 aliphatic heterocycles. The van der Waals surface area contributed by atoms with Crippen molar-refractivity contribution < 1.29 is 4.79 Å². The van der Waals surface area contributed by atoms with Gasteiger partial charge in [0.25, 0.3) is 5.91 Å². The van der Waals surface area contributed by atoms with E-state index in [1.54, 1.807) is 27.8 Å². The van der Waals surface area contributed by atoms with Gasteiger partial charge in [-0.25, -0.2) is 4.68 Å². The van der Waals surface area contributed by atoms with Crippen LogP contribution in [0.5, 0.6) is 0 Å². The molecule has 9 heteroatoms. The molecule has 0 saturated heterocycles. The monoisotopic (exact) mass is 361 g/mol. The van der Waals surface area contributed by atoms with Crippen molar-refractivity contribution in [3.8, 4) is 0 Å². The molecule has 0 radical (unpaired) electrons. The Bertz CT molecular complexity index is 850. The molecule has 3 heterocycles. The molecule has 1 amide bonds. The number of hydrogen-bond acceptors (Lipinski definition) is 4. The van der Waals surface area contributed by atoms with Gasteiger partial charge in [-0.15, -0.1) is 0 Å². The average molecular weight is 362 g/mol. The van der Waals surface area contributed by atoms with Gasteiger partial charge in [-0.1, -0.05) is 11.6 Å². The first-order chi connectivity index (χ1) is 12.0. The van der Waals surface area contributed by atoms with E-state index in [1.807, 2.05) is 30.8 Å². The smallest absolute Gasteiger partial charge is 0.271 e. The van der Waals surface area contributed by atoms with Crippen LogP contribution in [0.2, 0.25) is 5.02 Å². The normalized spacial score (nSPS) is 11.0. The first-order valence-electron chi connectivity index (χ1n) is 8.03. The van der Waals surface area contributed by atoms with Crippen LogP contribution in [0.15, 0.2) is 30.7 Å². The van der Waals surface area contributed by atoms with E-state index >= 15 is 0 Å². The van der Waals surface area contributed by atoms with Crippen molar-refractivity contribution in [3.63, 3.8) is 0 Å². The summed E-state index contributed by atoms with van der Waals surface area (Å²) in [4.78, 5) is 12.1. The molecule has 0 fully saturated rings. The van der Waals surface area contributed by atoms with E-state index in [0.717, 1.165) is 24.4 Å². The van der Waals surface area contributed by atoms with Gasteiger partial charge in [-0.2, -0.15) is 15.3 Å². The molecule has 0 spiro atoms. The summed E-state index contributed by atoms with van der Waals surface area (Å²) in [6.07, 6.45) is 6.19. The van der Waals surface area contributed by atoms with Crippen LogP contribution in [0.4, 0.5) is 0 Å². The van der Waals surface area contributed by atoms with Gasteiger partial charge in [0.15, 0.2) is 0 Å². The van der Waals surface area contributed by atoms with Gasteiger partial charge in [-0.3, -0.25) is 14.2 Å². The topological polar surface area (TPSA) is 82.6 Å². The van der Waals surface area contributed by atoms with Crippen LogP contribution in [0.25, 0.3) is 0 Å². The fourth-order valence-corrected chi connectivity index (χ4v) is 2.61. The van der Waals surface area contributed by atoms with Crippen molar-refractivity contribution in [2.45, 2.75) is 33.5 Å². The SMILES string of the molecule is Cc1nn(Cn2ccc(C(=O)NCCCn3cccn3)n2)c(C)c1Cl. The van der Waals surface area contributed by atoms with Crippen molar-refractivity contribution in [1.29, 1.82) is 0 Å².